The van der Waals surface area contributed by atoms with Crippen LogP contribution >= 0.6 is 0 Å². The average molecular weight is 281 g/mol. The summed E-state index contributed by atoms with van der Waals surface area (Å²) in [5, 5.41) is 0. The van der Waals surface area contributed by atoms with Crippen LogP contribution in [0.25, 0.3) is 0 Å². The molecule has 0 aromatic rings. The van der Waals surface area contributed by atoms with Crippen LogP contribution in [0.5, 0.6) is 0 Å². The number of hydrogen-bond donors (Lipinski definition) is 0. The van der Waals surface area contributed by atoms with Crippen LogP contribution in [0.15, 0.2) is 0 Å². The summed E-state index contributed by atoms with van der Waals surface area (Å²) in [6, 6.07) is 0. The lowest BCUT2D eigenvalue weighted by molar-refractivity contribution is -0.141. The molecule has 0 N–H and O–H groups in total. The minimum absolute atomic E-state index is 0.0121. The first-order chi connectivity index (χ1) is 8.37. The van der Waals surface area contributed by atoms with E-state index in [2.05, 4.69) is 9.47 Å². The maximum Gasteiger partial charge on any atom is 0.306 e. The second kappa shape index (κ2) is 8.04. The summed E-state index contributed by atoms with van der Waals surface area (Å²) in [6.07, 6.45) is -0.213. The molecule has 0 aromatic heterocycles. The predicted octanol–water partition coefficient (Wildman–Crippen LogP) is -0.236. The number of esters is 2. The zero-order chi connectivity index (χ0) is 14.2. The Balaban J connectivity index is 4.43. The topological polar surface area (TPSA) is 90.0 Å². The lowest BCUT2D eigenvalue weighted by atomic mass is 10.4. The van der Waals surface area contributed by atoms with Crippen molar-refractivity contribution in [2.24, 2.45) is 0 Å². The molecule has 18 heavy (non-hydrogen) atoms. The summed E-state index contributed by atoms with van der Waals surface area (Å²) in [6.45, 7) is 1.94. The van der Waals surface area contributed by atoms with Crippen LogP contribution < -0.4 is 0 Å². The molecule has 0 heterocycles. The van der Waals surface area contributed by atoms with Crippen molar-refractivity contribution >= 4 is 22.0 Å². The minimum atomic E-state index is -3.56. The van der Waals surface area contributed by atoms with E-state index in [1.807, 2.05) is 0 Å². The van der Waals surface area contributed by atoms with Gasteiger partial charge in [-0.15, -0.1) is 0 Å². The average Bonchev–Trinajstić information content (AvgIpc) is 2.35. The van der Waals surface area contributed by atoms with E-state index in [-0.39, 0.29) is 31.7 Å². The number of rotatable bonds is 8. The molecule has 8 heteroatoms. The number of carbonyl (C=O) groups excluding carboxylic acids is 2. The SMILES string of the molecule is CCN(CCC(=O)OC)S(=O)(=O)CCC(=O)OC. The van der Waals surface area contributed by atoms with E-state index < -0.39 is 22.0 Å². The number of methoxy groups -OCH3 is 2. The highest BCUT2D eigenvalue weighted by Crippen LogP contribution is 2.05. The van der Waals surface area contributed by atoms with Crippen molar-refractivity contribution in [3.8, 4) is 0 Å². The molecular formula is C10H19NO6S. The van der Waals surface area contributed by atoms with Gasteiger partial charge in [0.25, 0.3) is 0 Å². The molecule has 0 unspecified atom stereocenters. The maximum atomic E-state index is 11.8. The standard InChI is InChI=1S/C10H19NO6S/c1-4-11(7-5-9(12)16-2)18(14,15)8-6-10(13)17-3/h4-8H2,1-3H3. The van der Waals surface area contributed by atoms with Gasteiger partial charge in [-0.25, -0.2) is 12.7 Å². The second-order valence-electron chi connectivity index (χ2n) is 3.46. The van der Waals surface area contributed by atoms with Crippen LogP contribution in [0, 0.1) is 0 Å². The van der Waals surface area contributed by atoms with Crippen molar-refractivity contribution in [1.82, 2.24) is 4.31 Å². The van der Waals surface area contributed by atoms with Gasteiger partial charge in [-0.1, -0.05) is 6.92 Å². The molecule has 0 atom stereocenters. The number of hydrogen-bond acceptors (Lipinski definition) is 6. The summed E-state index contributed by atoms with van der Waals surface area (Å²) in [5.74, 6) is -1.38. The van der Waals surface area contributed by atoms with E-state index in [0.717, 1.165) is 4.31 Å². The fraction of sp³-hybridized carbons (Fsp3) is 0.800. The van der Waals surface area contributed by atoms with Crippen LogP contribution in [0.1, 0.15) is 19.8 Å². The molecule has 0 aliphatic heterocycles. The monoisotopic (exact) mass is 281 g/mol. The molecule has 106 valence electrons. The summed E-state index contributed by atoms with van der Waals surface area (Å²) in [4.78, 5) is 21.9. The van der Waals surface area contributed by atoms with Crippen LogP contribution in [0.3, 0.4) is 0 Å². The zero-order valence-electron chi connectivity index (χ0n) is 10.8. The molecule has 0 spiro atoms. The number of nitrogens with zero attached hydrogens (tertiary/aromatic N) is 1. The lowest BCUT2D eigenvalue weighted by Gasteiger charge is -2.19. The van der Waals surface area contributed by atoms with Crippen LogP contribution in [0.4, 0.5) is 0 Å². The molecule has 0 saturated heterocycles. The van der Waals surface area contributed by atoms with Gasteiger partial charge in [0.2, 0.25) is 10.0 Å². The Bertz CT molecular complexity index is 378. The molecular weight excluding hydrogens is 262 g/mol. The Morgan fingerprint density at radius 2 is 1.56 bits per heavy atom. The summed E-state index contributed by atoms with van der Waals surface area (Å²) in [7, 11) is -1.12. The van der Waals surface area contributed by atoms with E-state index in [4.69, 9.17) is 0 Å². The molecule has 0 aliphatic rings. The van der Waals surface area contributed by atoms with Crippen molar-refractivity contribution < 1.29 is 27.5 Å². The molecule has 0 amide bonds. The second-order valence-corrected chi connectivity index (χ2v) is 5.55. The molecule has 0 saturated carbocycles. The third-order valence-electron chi connectivity index (χ3n) is 2.33. The Kier molecular flexibility index (Phi) is 7.53. The van der Waals surface area contributed by atoms with E-state index in [9.17, 15) is 18.0 Å². The quantitative estimate of drug-likeness (QED) is 0.571. The first-order valence-corrected chi connectivity index (χ1v) is 7.09. The van der Waals surface area contributed by atoms with Gasteiger partial charge >= 0.3 is 11.9 Å². The first-order valence-electron chi connectivity index (χ1n) is 5.48. The Hall–Kier alpha value is -1.15. The molecule has 0 rings (SSSR count). The third-order valence-corrected chi connectivity index (χ3v) is 4.28. The van der Waals surface area contributed by atoms with Crippen molar-refractivity contribution in [1.29, 1.82) is 0 Å². The van der Waals surface area contributed by atoms with Gasteiger partial charge in [-0.3, -0.25) is 9.59 Å². The highest BCUT2D eigenvalue weighted by molar-refractivity contribution is 7.89. The highest BCUT2D eigenvalue weighted by Gasteiger charge is 2.22. The Morgan fingerprint density at radius 3 is 2.00 bits per heavy atom. The van der Waals surface area contributed by atoms with Crippen LogP contribution in [-0.2, 0) is 29.1 Å². The van der Waals surface area contributed by atoms with Crippen molar-refractivity contribution in [2.75, 3.05) is 33.1 Å². The van der Waals surface area contributed by atoms with Gasteiger partial charge < -0.3 is 9.47 Å². The Labute approximate surface area is 107 Å². The van der Waals surface area contributed by atoms with Gasteiger partial charge in [0.15, 0.2) is 0 Å². The van der Waals surface area contributed by atoms with E-state index in [0.29, 0.717) is 0 Å². The van der Waals surface area contributed by atoms with E-state index in [1.165, 1.54) is 14.2 Å². The first kappa shape index (κ1) is 16.9. The van der Waals surface area contributed by atoms with Gasteiger partial charge in [-0.2, -0.15) is 0 Å². The smallest absolute Gasteiger partial charge is 0.306 e. The fourth-order valence-corrected chi connectivity index (χ4v) is 2.70. The molecule has 0 radical (unpaired) electrons. The van der Waals surface area contributed by atoms with Crippen molar-refractivity contribution in [2.45, 2.75) is 19.8 Å². The fourth-order valence-electron chi connectivity index (χ4n) is 1.26. The Morgan fingerprint density at radius 1 is 1.06 bits per heavy atom. The minimum Gasteiger partial charge on any atom is -0.469 e. The van der Waals surface area contributed by atoms with Crippen LogP contribution in [-0.4, -0.2) is 57.7 Å². The largest absolute Gasteiger partial charge is 0.469 e. The van der Waals surface area contributed by atoms with Crippen molar-refractivity contribution in [3.63, 3.8) is 0 Å². The number of sulfonamides is 1. The molecule has 0 aliphatic carbocycles. The summed E-state index contributed by atoms with van der Waals surface area (Å²) in [5.41, 5.74) is 0. The molecule has 0 aromatic carbocycles. The molecule has 7 nitrogen and oxygen atoms in total. The van der Waals surface area contributed by atoms with Gasteiger partial charge in [0.1, 0.15) is 0 Å². The lowest BCUT2D eigenvalue weighted by Crippen LogP contribution is -2.35. The summed E-state index contributed by atoms with van der Waals surface area (Å²) >= 11 is 0. The highest BCUT2D eigenvalue weighted by atomic mass is 32.2. The maximum absolute atomic E-state index is 11.8. The number of ether oxygens (including phenoxy) is 2. The van der Waals surface area contributed by atoms with Crippen molar-refractivity contribution in [3.05, 3.63) is 0 Å². The van der Waals surface area contributed by atoms with Crippen LogP contribution in [0.2, 0.25) is 0 Å². The van der Waals surface area contributed by atoms with Gasteiger partial charge in [-0.05, 0) is 0 Å². The normalized spacial score (nSPS) is 11.3. The third kappa shape index (κ3) is 5.97. The molecule has 0 bridgehead atoms. The predicted molar refractivity (Wildman–Crippen MR) is 64.3 cm³/mol. The summed E-state index contributed by atoms with van der Waals surface area (Å²) < 4.78 is 33.7. The number of carbonyl (C=O) groups is 2. The van der Waals surface area contributed by atoms with E-state index >= 15 is 0 Å². The van der Waals surface area contributed by atoms with Gasteiger partial charge in [0, 0.05) is 13.1 Å². The zero-order valence-corrected chi connectivity index (χ0v) is 11.7. The van der Waals surface area contributed by atoms with Gasteiger partial charge in [0.05, 0.1) is 32.8 Å². The van der Waals surface area contributed by atoms with E-state index in [1.54, 1.807) is 6.92 Å². The molecule has 0 fully saturated rings.